The smallest absolute Gasteiger partial charge is 0.234 e. The molecule has 6 nitrogen and oxygen atoms in total. The zero-order valence-electron chi connectivity index (χ0n) is 18.1. The van der Waals surface area contributed by atoms with Gasteiger partial charge in [-0.15, -0.1) is 10.2 Å². The third-order valence-electron chi connectivity index (χ3n) is 4.80. The van der Waals surface area contributed by atoms with Crippen LogP contribution in [0.15, 0.2) is 83.4 Å². The molecule has 0 unspecified atom stereocenters. The topological polar surface area (TPSA) is 76.9 Å². The highest BCUT2D eigenvalue weighted by Crippen LogP contribution is 2.31. The van der Waals surface area contributed by atoms with Crippen molar-refractivity contribution in [2.24, 2.45) is 0 Å². The van der Waals surface area contributed by atoms with Crippen LogP contribution in [0.25, 0.3) is 11.8 Å². The molecular weight excluding hydrogens is 530 g/mol. The summed E-state index contributed by atoms with van der Waals surface area (Å²) in [6.45, 7) is -0.131. The Morgan fingerprint density at radius 3 is 2.49 bits per heavy atom. The third-order valence-corrected chi connectivity index (χ3v) is 7.40. The normalized spacial score (nSPS) is 11.9. The van der Waals surface area contributed by atoms with Gasteiger partial charge in [-0.1, -0.05) is 77.4 Å². The molecule has 1 heterocycles. The van der Waals surface area contributed by atoms with Crippen LogP contribution in [0.4, 0.5) is 4.39 Å². The Kier molecular flexibility index (Phi) is 8.25. The summed E-state index contributed by atoms with van der Waals surface area (Å²) in [5.41, 5.74) is 2.16. The molecule has 0 amide bonds. The number of hydrogen-bond donors (Lipinski definition) is 1. The Labute approximate surface area is 216 Å². The standard InChI is InChI=1S/C24H19Cl2FN4O2S2/c25-19-8-11-21(26)22(14-19)31-23(15-28-35(32,33)13-12-17-4-2-1-3-5-17)29-30-24(31)34-16-18-6-9-20(27)10-7-18/h1-14,28H,15-16H2/b13-12+. The summed E-state index contributed by atoms with van der Waals surface area (Å²) in [7, 11) is -3.76. The van der Waals surface area contributed by atoms with Crippen LogP contribution in [0.2, 0.25) is 10.0 Å². The van der Waals surface area contributed by atoms with Crippen LogP contribution in [0.1, 0.15) is 17.0 Å². The van der Waals surface area contributed by atoms with Crippen molar-refractivity contribution in [3.8, 4) is 5.69 Å². The van der Waals surface area contributed by atoms with Crippen molar-refractivity contribution in [2.75, 3.05) is 0 Å². The van der Waals surface area contributed by atoms with Crippen LogP contribution in [0, 0.1) is 5.82 Å². The number of aromatic nitrogens is 3. The molecule has 0 radical (unpaired) electrons. The fourth-order valence-corrected chi connectivity index (χ4v) is 5.13. The first-order valence-electron chi connectivity index (χ1n) is 10.3. The molecule has 4 rings (SSSR count). The fourth-order valence-electron chi connectivity index (χ4n) is 3.08. The molecule has 35 heavy (non-hydrogen) atoms. The largest absolute Gasteiger partial charge is 0.271 e. The van der Waals surface area contributed by atoms with Gasteiger partial charge in [0, 0.05) is 16.2 Å². The van der Waals surface area contributed by atoms with E-state index in [0.29, 0.717) is 32.5 Å². The van der Waals surface area contributed by atoms with Crippen molar-refractivity contribution in [1.29, 1.82) is 0 Å². The second-order valence-electron chi connectivity index (χ2n) is 7.32. The zero-order valence-corrected chi connectivity index (χ0v) is 21.3. The molecule has 0 bridgehead atoms. The van der Waals surface area contributed by atoms with Gasteiger partial charge in [0.2, 0.25) is 10.0 Å². The Morgan fingerprint density at radius 1 is 1.00 bits per heavy atom. The highest BCUT2D eigenvalue weighted by Gasteiger charge is 2.19. The van der Waals surface area contributed by atoms with Crippen LogP contribution in [-0.4, -0.2) is 23.2 Å². The van der Waals surface area contributed by atoms with Gasteiger partial charge in [-0.05, 0) is 47.5 Å². The van der Waals surface area contributed by atoms with Crippen LogP contribution in [0.3, 0.4) is 0 Å². The summed E-state index contributed by atoms with van der Waals surface area (Å²) >= 11 is 14.0. The molecule has 4 aromatic rings. The molecule has 0 spiro atoms. The number of benzene rings is 3. The minimum absolute atomic E-state index is 0.131. The Morgan fingerprint density at radius 2 is 1.74 bits per heavy atom. The second-order valence-corrected chi connectivity index (χ2v) is 10.8. The molecule has 0 saturated carbocycles. The van der Waals surface area contributed by atoms with Crippen LogP contribution >= 0.6 is 35.0 Å². The summed E-state index contributed by atoms with van der Waals surface area (Å²) in [5, 5.41) is 10.8. The van der Waals surface area contributed by atoms with E-state index in [1.54, 1.807) is 47.0 Å². The molecule has 180 valence electrons. The number of thioether (sulfide) groups is 1. The molecule has 0 aliphatic heterocycles. The first-order chi connectivity index (χ1) is 16.8. The molecular formula is C24H19Cl2FN4O2S2. The van der Waals surface area contributed by atoms with E-state index < -0.39 is 10.0 Å². The lowest BCUT2D eigenvalue weighted by Crippen LogP contribution is -2.23. The van der Waals surface area contributed by atoms with Gasteiger partial charge in [0.1, 0.15) is 5.82 Å². The molecule has 1 aromatic heterocycles. The SMILES string of the molecule is O=S(=O)(/C=C/c1ccccc1)NCc1nnc(SCc2ccc(F)cc2)n1-c1cc(Cl)ccc1Cl. The van der Waals surface area contributed by atoms with Crippen molar-refractivity contribution in [3.05, 3.63) is 111 Å². The predicted octanol–water partition coefficient (Wildman–Crippen LogP) is 6.10. The first-order valence-corrected chi connectivity index (χ1v) is 13.6. The van der Waals surface area contributed by atoms with Crippen molar-refractivity contribution >= 4 is 51.1 Å². The number of sulfonamides is 1. The Balaban J connectivity index is 1.59. The van der Waals surface area contributed by atoms with Crippen LogP contribution in [-0.2, 0) is 22.3 Å². The molecule has 0 aliphatic rings. The molecule has 1 N–H and O–H groups in total. The zero-order chi connectivity index (χ0) is 24.8. The summed E-state index contributed by atoms with van der Waals surface area (Å²) in [5.74, 6) is 0.498. The minimum Gasteiger partial charge on any atom is -0.271 e. The van der Waals surface area contributed by atoms with E-state index in [2.05, 4.69) is 14.9 Å². The number of nitrogens with one attached hydrogen (secondary N) is 1. The van der Waals surface area contributed by atoms with Gasteiger partial charge in [-0.3, -0.25) is 4.57 Å². The number of hydrogen-bond acceptors (Lipinski definition) is 5. The number of nitrogens with zero attached hydrogens (tertiary/aromatic N) is 3. The van der Waals surface area contributed by atoms with Crippen molar-refractivity contribution in [1.82, 2.24) is 19.5 Å². The van der Waals surface area contributed by atoms with Crippen LogP contribution < -0.4 is 4.72 Å². The van der Waals surface area contributed by atoms with Crippen molar-refractivity contribution in [2.45, 2.75) is 17.5 Å². The van der Waals surface area contributed by atoms with Gasteiger partial charge in [0.25, 0.3) is 0 Å². The summed E-state index contributed by atoms with van der Waals surface area (Å²) in [6.07, 6.45) is 1.50. The van der Waals surface area contributed by atoms with Gasteiger partial charge in [-0.25, -0.2) is 17.5 Å². The highest BCUT2D eigenvalue weighted by atomic mass is 35.5. The molecule has 11 heteroatoms. The average Bonchev–Trinajstić information content (AvgIpc) is 3.26. The maximum atomic E-state index is 13.2. The van der Waals surface area contributed by atoms with Gasteiger partial charge < -0.3 is 0 Å². The quantitative estimate of drug-likeness (QED) is 0.256. The van der Waals surface area contributed by atoms with E-state index in [1.807, 2.05) is 18.2 Å². The maximum absolute atomic E-state index is 13.2. The monoisotopic (exact) mass is 548 g/mol. The molecule has 0 atom stereocenters. The molecule has 0 fully saturated rings. The van der Waals surface area contributed by atoms with E-state index in [4.69, 9.17) is 23.2 Å². The number of halogens is 3. The highest BCUT2D eigenvalue weighted by molar-refractivity contribution is 7.98. The number of rotatable bonds is 9. The van der Waals surface area contributed by atoms with E-state index in [1.165, 1.54) is 30.0 Å². The lowest BCUT2D eigenvalue weighted by molar-refractivity contribution is 0.587. The first kappa shape index (κ1) is 25.4. The fraction of sp³-hybridized carbons (Fsp3) is 0.0833. The van der Waals surface area contributed by atoms with Gasteiger partial charge in [0.05, 0.1) is 17.3 Å². The van der Waals surface area contributed by atoms with Gasteiger partial charge >= 0.3 is 0 Å². The Bertz CT molecular complexity index is 1440. The van der Waals surface area contributed by atoms with Gasteiger partial charge in [-0.2, -0.15) is 0 Å². The summed E-state index contributed by atoms with van der Waals surface area (Å²) in [6, 6.07) is 20.2. The second kappa shape index (κ2) is 11.4. The van der Waals surface area contributed by atoms with Crippen molar-refractivity contribution in [3.63, 3.8) is 0 Å². The summed E-state index contributed by atoms with van der Waals surface area (Å²) in [4.78, 5) is 0. The molecule has 0 saturated heterocycles. The minimum atomic E-state index is -3.76. The molecule has 3 aromatic carbocycles. The predicted molar refractivity (Wildman–Crippen MR) is 139 cm³/mol. The lowest BCUT2D eigenvalue weighted by Gasteiger charge is -2.12. The van der Waals surface area contributed by atoms with E-state index in [0.717, 1.165) is 16.5 Å². The molecule has 0 aliphatic carbocycles. The van der Waals surface area contributed by atoms with E-state index >= 15 is 0 Å². The summed E-state index contributed by atoms with van der Waals surface area (Å²) < 4.78 is 42.5. The maximum Gasteiger partial charge on any atom is 0.234 e. The van der Waals surface area contributed by atoms with E-state index in [9.17, 15) is 12.8 Å². The average molecular weight is 549 g/mol. The van der Waals surface area contributed by atoms with Crippen molar-refractivity contribution < 1.29 is 12.8 Å². The van der Waals surface area contributed by atoms with E-state index in [-0.39, 0.29) is 12.4 Å². The van der Waals surface area contributed by atoms with Gasteiger partial charge in [0.15, 0.2) is 11.0 Å². The third kappa shape index (κ3) is 6.93. The lowest BCUT2D eigenvalue weighted by atomic mass is 10.2. The Hall–Kier alpha value is -2.69. The van der Waals surface area contributed by atoms with Crippen LogP contribution in [0.5, 0.6) is 0 Å².